The molecule has 0 aromatic heterocycles. The standard InChI is InChI=1S/C16H28O4S2/c1-14(2)19-11-13(20-14)10-16(7-8-16)22-21-15(5-6-15)4-3-9-18-12-17/h13,17H,3-12H2,1-2H3/t13-/m1/s1. The number of ether oxygens (including phenoxy) is 3. The summed E-state index contributed by atoms with van der Waals surface area (Å²) in [5, 5.41) is 8.65. The summed E-state index contributed by atoms with van der Waals surface area (Å²) in [4.78, 5) is 0. The van der Waals surface area contributed by atoms with Crippen molar-refractivity contribution in [1.82, 2.24) is 0 Å². The van der Waals surface area contributed by atoms with Crippen LogP contribution in [-0.2, 0) is 14.2 Å². The highest BCUT2D eigenvalue weighted by Crippen LogP contribution is 2.65. The predicted molar refractivity (Wildman–Crippen MR) is 90.9 cm³/mol. The van der Waals surface area contributed by atoms with Crippen LogP contribution in [0.25, 0.3) is 0 Å². The quantitative estimate of drug-likeness (QED) is 0.369. The van der Waals surface area contributed by atoms with E-state index in [9.17, 15) is 0 Å². The van der Waals surface area contributed by atoms with Crippen molar-refractivity contribution in [2.75, 3.05) is 20.0 Å². The third kappa shape index (κ3) is 4.77. The lowest BCUT2D eigenvalue weighted by molar-refractivity contribution is -0.139. The average molecular weight is 349 g/mol. The average Bonchev–Trinajstić information content (AvgIpc) is 3.36. The molecule has 1 saturated heterocycles. The van der Waals surface area contributed by atoms with Crippen molar-refractivity contribution in [3.05, 3.63) is 0 Å². The fourth-order valence-electron chi connectivity index (χ4n) is 2.99. The molecule has 1 atom stereocenters. The first-order valence-corrected chi connectivity index (χ1v) is 10.5. The summed E-state index contributed by atoms with van der Waals surface area (Å²) in [7, 11) is 4.20. The Kier molecular flexibility index (Phi) is 5.37. The number of hydrogen-bond donors (Lipinski definition) is 1. The molecule has 2 aliphatic carbocycles. The third-order valence-electron chi connectivity index (χ3n) is 4.69. The van der Waals surface area contributed by atoms with Crippen molar-refractivity contribution in [3.63, 3.8) is 0 Å². The van der Waals surface area contributed by atoms with Crippen molar-refractivity contribution in [2.24, 2.45) is 0 Å². The molecular formula is C16H28O4S2. The van der Waals surface area contributed by atoms with Crippen LogP contribution in [0.5, 0.6) is 0 Å². The molecule has 0 bridgehead atoms. The lowest BCUT2D eigenvalue weighted by atomic mass is 10.2. The zero-order valence-corrected chi connectivity index (χ0v) is 15.3. The van der Waals surface area contributed by atoms with Crippen LogP contribution in [0.4, 0.5) is 0 Å². The number of aliphatic hydroxyl groups excluding tert-OH is 1. The fraction of sp³-hybridized carbons (Fsp3) is 1.00. The van der Waals surface area contributed by atoms with Crippen molar-refractivity contribution in [1.29, 1.82) is 0 Å². The monoisotopic (exact) mass is 348 g/mol. The second-order valence-corrected chi connectivity index (χ2v) is 10.4. The van der Waals surface area contributed by atoms with Gasteiger partial charge < -0.3 is 19.3 Å². The van der Waals surface area contributed by atoms with E-state index in [1.165, 1.54) is 32.1 Å². The van der Waals surface area contributed by atoms with Crippen molar-refractivity contribution in [2.45, 2.75) is 80.2 Å². The Labute approximate surface area is 141 Å². The van der Waals surface area contributed by atoms with E-state index in [1.807, 2.05) is 13.8 Å². The molecular weight excluding hydrogens is 320 g/mol. The Hall–Kier alpha value is 0.540. The topological polar surface area (TPSA) is 47.9 Å². The minimum atomic E-state index is -0.400. The van der Waals surface area contributed by atoms with E-state index in [1.54, 1.807) is 0 Å². The lowest BCUT2D eigenvalue weighted by Gasteiger charge is -2.22. The van der Waals surface area contributed by atoms with E-state index < -0.39 is 5.79 Å². The molecule has 0 aromatic rings. The highest BCUT2D eigenvalue weighted by atomic mass is 33.1. The first-order valence-electron chi connectivity index (χ1n) is 8.34. The summed E-state index contributed by atoms with van der Waals surface area (Å²) >= 11 is 0. The van der Waals surface area contributed by atoms with Crippen LogP contribution in [0.1, 0.15) is 58.8 Å². The third-order valence-corrected chi connectivity index (χ3v) is 9.04. The summed E-state index contributed by atoms with van der Waals surface area (Å²) in [6.07, 6.45) is 8.93. The van der Waals surface area contributed by atoms with Crippen LogP contribution in [0, 0.1) is 0 Å². The normalized spacial score (nSPS) is 30.4. The maximum atomic E-state index is 8.65. The maximum absolute atomic E-state index is 8.65. The van der Waals surface area contributed by atoms with Crippen molar-refractivity contribution in [3.8, 4) is 0 Å². The molecule has 0 radical (unpaired) electrons. The molecule has 0 unspecified atom stereocenters. The number of rotatable bonds is 10. The predicted octanol–water partition coefficient (Wildman–Crippen LogP) is 3.72. The summed E-state index contributed by atoms with van der Waals surface area (Å²) in [6.45, 7) is 5.27. The Morgan fingerprint density at radius 3 is 2.36 bits per heavy atom. The Morgan fingerprint density at radius 1 is 1.14 bits per heavy atom. The van der Waals surface area contributed by atoms with Gasteiger partial charge in [-0.1, -0.05) is 21.6 Å². The lowest BCUT2D eigenvalue weighted by Crippen LogP contribution is -2.23. The van der Waals surface area contributed by atoms with Gasteiger partial charge in [0.05, 0.1) is 12.7 Å². The van der Waals surface area contributed by atoms with E-state index >= 15 is 0 Å². The van der Waals surface area contributed by atoms with Crippen LogP contribution in [0.15, 0.2) is 0 Å². The molecule has 0 amide bonds. The van der Waals surface area contributed by atoms with Gasteiger partial charge in [-0.25, -0.2) is 0 Å². The Balaban J connectivity index is 1.38. The minimum absolute atomic E-state index is 0.155. The first-order chi connectivity index (χ1) is 10.5. The van der Waals surface area contributed by atoms with E-state index in [-0.39, 0.29) is 12.9 Å². The largest absolute Gasteiger partial charge is 0.371 e. The van der Waals surface area contributed by atoms with Gasteiger partial charge in [0.15, 0.2) is 5.79 Å². The molecule has 1 N–H and O–H groups in total. The fourth-order valence-corrected chi connectivity index (χ4v) is 6.88. The summed E-state index contributed by atoms with van der Waals surface area (Å²) in [5.74, 6) is -0.400. The van der Waals surface area contributed by atoms with Gasteiger partial charge >= 0.3 is 0 Å². The van der Waals surface area contributed by atoms with E-state index in [4.69, 9.17) is 19.3 Å². The van der Waals surface area contributed by atoms with Gasteiger partial charge in [-0.05, 0) is 58.8 Å². The van der Waals surface area contributed by atoms with E-state index in [0.29, 0.717) is 16.1 Å². The Morgan fingerprint density at radius 2 is 1.82 bits per heavy atom. The molecule has 3 fully saturated rings. The van der Waals surface area contributed by atoms with E-state index in [0.717, 1.165) is 19.4 Å². The van der Waals surface area contributed by atoms with Crippen molar-refractivity contribution < 1.29 is 19.3 Å². The molecule has 0 spiro atoms. The molecule has 1 aliphatic heterocycles. The Bertz CT molecular complexity index is 380. The molecule has 3 rings (SSSR count). The van der Waals surface area contributed by atoms with Gasteiger partial charge in [-0.3, -0.25) is 0 Å². The molecule has 22 heavy (non-hydrogen) atoms. The zero-order valence-electron chi connectivity index (χ0n) is 13.6. The zero-order chi connectivity index (χ0) is 15.7. The highest BCUT2D eigenvalue weighted by Gasteiger charge is 2.51. The summed E-state index contributed by atoms with van der Waals surface area (Å²) < 4.78 is 17.6. The first kappa shape index (κ1) is 17.4. The van der Waals surface area contributed by atoms with Gasteiger partial charge in [0.2, 0.25) is 0 Å². The van der Waals surface area contributed by atoms with Crippen LogP contribution < -0.4 is 0 Å². The molecule has 1 heterocycles. The highest BCUT2D eigenvalue weighted by molar-refractivity contribution is 8.77. The van der Waals surface area contributed by atoms with Gasteiger partial charge in [0.25, 0.3) is 0 Å². The molecule has 3 aliphatic rings. The summed E-state index contributed by atoms with van der Waals surface area (Å²) in [5.41, 5.74) is 0. The minimum Gasteiger partial charge on any atom is -0.371 e. The molecule has 2 saturated carbocycles. The van der Waals surface area contributed by atoms with E-state index in [2.05, 4.69) is 21.6 Å². The van der Waals surface area contributed by atoms with Gasteiger partial charge in [-0.2, -0.15) is 0 Å². The SMILES string of the molecule is CC1(C)OC[C@@H](CC2(SSC3(CCCOCO)CC3)CC2)O1. The van der Waals surface area contributed by atoms with Crippen molar-refractivity contribution >= 4 is 21.6 Å². The van der Waals surface area contributed by atoms with Crippen LogP contribution in [-0.4, -0.2) is 46.5 Å². The van der Waals surface area contributed by atoms with Crippen LogP contribution in [0.3, 0.4) is 0 Å². The maximum Gasteiger partial charge on any atom is 0.163 e. The van der Waals surface area contributed by atoms with Gasteiger partial charge in [-0.15, -0.1) is 0 Å². The van der Waals surface area contributed by atoms with Gasteiger partial charge in [0.1, 0.15) is 6.79 Å². The molecule has 6 heteroatoms. The molecule has 4 nitrogen and oxygen atoms in total. The van der Waals surface area contributed by atoms with Gasteiger partial charge in [0, 0.05) is 16.1 Å². The second-order valence-electron chi connectivity index (χ2n) is 7.33. The van der Waals surface area contributed by atoms with Crippen LogP contribution >= 0.6 is 21.6 Å². The molecule has 128 valence electrons. The second kappa shape index (κ2) is 6.81. The molecule has 0 aromatic carbocycles. The smallest absolute Gasteiger partial charge is 0.163 e. The van der Waals surface area contributed by atoms with Crippen LogP contribution in [0.2, 0.25) is 0 Å². The number of aliphatic hydroxyl groups is 1. The summed E-state index contributed by atoms with van der Waals surface area (Å²) in [6, 6.07) is 0. The number of hydrogen-bond acceptors (Lipinski definition) is 6.